The average molecular weight is 426 g/mol. The topological polar surface area (TPSA) is 111 Å². The van der Waals surface area contributed by atoms with Crippen molar-refractivity contribution in [3.05, 3.63) is 39.4 Å². The largest absolute Gasteiger partial charge is 0.462 e. The minimum absolute atomic E-state index is 0.0268. The lowest BCUT2D eigenvalue weighted by Gasteiger charge is -2.12. The van der Waals surface area contributed by atoms with E-state index in [1.165, 1.54) is 24.9 Å². The second-order valence-corrected chi connectivity index (χ2v) is 6.99. The molecule has 2 rings (SSSR count). The molecule has 150 valence electrons. The van der Waals surface area contributed by atoms with Crippen LogP contribution in [-0.4, -0.2) is 51.6 Å². The van der Waals surface area contributed by atoms with E-state index >= 15 is 0 Å². The molecule has 0 aromatic carbocycles. The fourth-order valence-electron chi connectivity index (χ4n) is 2.57. The first-order chi connectivity index (χ1) is 13.2. The number of hydrogen-bond acceptors (Lipinski definition) is 8. The summed E-state index contributed by atoms with van der Waals surface area (Å²) in [4.78, 5) is 48.1. The number of Topliss-reactive ketones (excluding diaryl/α,β-unsaturated/α-hetero) is 1. The summed E-state index contributed by atoms with van der Waals surface area (Å²) < 4.78 is 10.3. The maximum Gasteiger partial charge on any atom is 0.359 e. The number of hydrogen-bond donors (Lipinski definition) is 1. The van der Waals surface area contributed by atoms with Gasteiger partial charge in [-0.05, 0) is 39.5 Å². The van der Waals surface area contributed by atoms with E-state index in [-0.39, 0.29) is 23.0 Å². The van der Waals surface area contributed by atoms with Crippen molar-refractivity contribution in [3.8, 4) is 0 Å². The summed E-state index contributed by atoms with van der Waals surface area (Å²) in [6, 6.07) is 0. The van der Waals surface area contributed by atoms with Crippen molar-refractivity contribution in [2.75, 3.05) is 12.9 Å². The molecule has 0 amide bonds. The van der Waals surface area contributed by atoms with Crippen LogP contribution in [0.15, 0.2) is 11.4 Å². The van der Waals surface area contributed by atoms with Gasteiger partial charge in [0, 0.05) is 5.69 Å². The number of carbonyl (C=O) groups excluding carboxylic acids is 3. The third-order valence-corrected chi connectivity index (χ3v) is 4.75. The molecular weight excluding hydrogens is 406 g/mol. The average Bonchev–Trinajstić information content (AvgIpc) is 2.95. The van der Waals surface area contributed by atoms with Gasteiger partial charge in [0.15, 0.2) is 17.0 Å². The predicted molar refractivity (Wildman–Crippen MR) is 104 cm³/mol. The summed E-state index contributed by atoms with van der Waals surface area (Å²) >= 11 is 7.20. The fraction of sp³-hybridized carbons (Fsp3) is 0.389. The van der Waals surface area contributed by atoms with E-state index in [1.54, 1.807) is 27.0 Å². The normalized spacial score (nSPS) is 11.8. The predicted octanol–water partition coefficient (Wildman–Crippen LogP) is 3.40. The van der Waals surface area contributed by atoms with E-state index in [0.29, 0.717) is 22.0 Å². The molecular formula is C18H20ClN3O5S. The van der Waals surface area contributed by atoms with E-state index in [2.05, 4.69) is 15.0 Å². The number of esters is 2. The molecule has 0 spiro atoms. The maximum absolute atomic E-state index is 12.8. The van der Waals surface area contributed by atoms with Crippen LogP contribution < -0.4 is 0 Å². The highest BCUT2D eigenvalue weighted by Crippen LogP contribution is 2.22. The lowest BCUT2D eigenvalue weighted by Crippen LogP contribution is -2.26. The van der Waals surface area contributed by atoms with Gasteiger partial charge in [-0.3, -0.25) is 4.79 Å². The van der Waals surface area contributed by atoms with Crippen molar-refractivity contribution < 1.29 is 23.9 Å². The van der Waals surface area contributed by atoms with Crippen LogP contribution in [0.3, 0.4) is 0 Å². The summed E-state index contributed by atoms with van der Waals surface area (Å²) in [5.74, 6) is -1.84. The molecule has 1 N–H and O–H groups in total. The summed E-state index contributed by atoms with van der Waals surface area (Å²) in [5.41, 5.74) is 1.30. The number of nitrogens with zero attached hydrogens (tertiary/aromatic N) is 2. The van der Waals surface area contributed by atoms with Gasteiger partial charge in [-0.15, -0.1) is 0 Å². The molecule has 0 bridgehead atoms. The Balaban J connectivity index is 2.23. The number of nitrogens with one attached hydrogen (secondary N) is 1. The first-order valence-corrected chi connectivity index (χ1v) is 9.99. The van der Waals surface area contributed by atoms with Gasteiger partial charge in [0.2, 0.25) is 5.78 Å². The number of aromatic amines is 1. The number of halogens is 1. The van der Waals surface area contributed by atoms with Crippen LogP contribution in [0.4, 0.5) is 0 Å². The Bertz CT molecular complexity index is 928. The third-order valence-electron chi connectivity index (χ3n) is 3.91. The molecule has 0 saturated heterocycles. The van der Waals surface area contributed by atoms with Crippen molar-refractivity contribution in [2.45, 2.75) is 39.0 Å². The number of thioether (sulfide) groups is 1. The van der Waals surface area contributed by atoms with Crippen LogP contribution in [-0.2, 0) is 9.47 Å². The smallest absolute Gasteiger partial charge is 0.359 e. The molecule has 10 heteroatoms. The van der Waals surface area contributed by atoms with Crippen LogP contribution >= 0.6 is 23.4 Å². The van der Waals surface area contributed by atoms with Gasteiger partial charge in [0.25, 0.3) is 0 Å². The first kappa shape index (κ1) is 21.9. The van der Waals surface area contributed by atoms with Gasteiger partial charge in [0.05, 0.1) is 29.1 Å². The van der Waals surface area contributed by atoms with E-state index < -0.39 is 23.8 Å². The Kier molecular flexibility index (Phi) is 7.20. The lowest BCUT2D eigenvalue weighted by atomic mass is 10.1. The zero-order chi connectivity index (χ0) is 21.0. The third kappa shape index (κ3) is 4.53. The Hall–Kier alpha value is -2.39. The maximum atomic E-state index is 12.8. The monoisotopic (exact) mass is 425 g/mol. The van der Waals surface area contributed by atoms with Crippen molar-refractivity contribution in [1.29, 1.82) is 0 Å². The summed E-state index contributed by atoms with van der Waals surface area (Å²) in [7, 11) is 0. The second-order valence-electron chi connectivity index (χ2n) is 5.81. The number of rotatable bonds is 7. The van der Waals surface area contributed by atoms with Gasteiger partial charge >= 0.3 is 11.9 Å². The number of aromatic nitrogens is 3. The molecule has 1 atom stereocenters. The number of ether oxygens (including phenoxy) is 2. The first-order valence-electron chi connectivity index (χ1n) is 8.39. The van der Waals surface area contributed by atoms with Gasteiger partial charge in [-0.2, -0.15) is 0 Å². The summed E-state index contributed by atoms with van der Waals surface area (Å²) in [6.07, 6.45) is 1.93. The van der Waals surface area contributed by atoms with Gasteiger partial charge in [0.1, 0.15) is 0 Å². The van der Waals surface area contributed by atoms with E-state index in [4.69, 9.17) is 21.1 Å². The number of carbonyl (C=O) groups is 3. The molecule has 0 aliphatic rings. The summed E-state index contributed by atoms with van der Waals surface area (Å²) in [5, 5.41) is 0.379. The van der Waals surface area contributed by atoms with Gasteiger partial charge < -0.3 is 14.5 Å². The number of H-pyrrole nitrogens is 1. The second kappa shape index (κ2) is 9.20. The molecule has 8 nitrogen and oxygen atoms in total. The lowest BCUT2D eigenvalue weighted by molar-refractivity contribution is 0.0310. The van der Waals surface area contributed by atoms with Crippen molar-refractivity contribution >= 4 is 41.1 Å². The quantitative estimate of drug-likeness (QED) is 0.311. The van der Waals surface area contributed by atoms with Crippen molar-refractivity contribution in [2.24, 2.45) is 0 Å². The van der Waals surface area contributed by atoms with Crippen molar-refractivity contribution in [1.82, 2.24) is 15.0 Å². The molecule has 2 aromatic heterocycles. The van der Waals surface area contributed by atoms with Gasteiger partial charge in [-0.1, -0.05) is 23.4 Å². The Morgan fingerprint density at radius 2 is 1.96 bits per heavy atom. The van der Waals surface area contributed by atoms with Crippen LogP contribution in [0.5, 0.6) is 0 Å². The SMILES string of the molecule is CCOC(=O)c1c(C)[nH]c(C(=O)C(C)OC(=O)c2nc(SC)ncc2Cl)c1C. The fourth-order valence-corrected chi connectivity index (χ4v) is 3.08. The Morgan fingerprint density at radius 3 is 2.57 bits per heavy atom. The zero-order valence-corrected chi connectivity index (χ0v) is 17.7. The highest BCUT2D eigenvalue weighted by atomic mass is 35.5. The highest BCUT2D eigenvalue weighted by Gasteiger charge is 2.28. The van der Waals surface area contributed by atoms with Crippen LogP contribution in [0, 0.1) is 13.8 Å². The zero-order valence-electron chi connectivity index (χ0n) is 16.1. The number of aryl methyl sites for hydroxylation is 1. The van der Waals surface area contributed by atoms with Crippen LogP contribution in [0.2, 0.25) is 5.02 Å². The molecule has 0 aliphatic heterocycles. The summed E-state index contributed by atoms with van der Waals surface area (Å²) in [6.45, 7) is 6.65. The Labute approximate surface area is 171 Å². The molecule has 1 unspecified atom stereocenters. The molecule has 0 fully saturated rings. The standard InChI is InChI=1S/C18H20ClN3O5S/c1-6-26-16(24)12-8(2)13(21-9(12)3)15(23)10(4)27-17(25)14-11(19)7-20-18(22-14)28-5/h7,10,21H,6H2,1-5H3. The molecule has 0 radical (unpaired) electrons. The van der Waals surface area contributed by atoms with Crippen LogP contribution in [0.1, 0.15) is 56.4 Å². The number of ketones is 1. The van der Waals surface area contributed by atoms with E-state index in [9.17, 15) is 14.4 Å². The minimum atomic E-state index is -1.12. The highest BCUT2D eigenvalue weighted by molar-refractivity contribution is 7.98. The van der Waals surface area contributed by atoms with E-state index in [0.717, 1.165) is 0 Å². The molecule has 2 aromatic rings. The molecule has 0 aliphatic carbocycles. The Morgan fingerprint density at radius 1 is 1.29 bits per heavy atom. The molecule has 28 heavy (non-hydrogen) atoms. The van der Waals surface area contributed by atoms with Gasteiger partial charge in [-0.25, -0.2) is 19.6 Å². The van der Waals surface area contributed by atoms with Crippen LogP contribution in [0.25, 0.3) is 0 Å². The molecule has 0 saturated carbocycles. The van der Waals surface area contributed by atoms with Crippen molar-refractivity contribution in [3.63, 3.8) is 0 Å². The molecule has 2 heterocycles. The van der Waals surface area contributed by atoms with E-state index in [1.807, 2.05) is 0 Å². The minimum Gasteiger partial charge on any atom is -0.462 e.